The molecule has 14 unspecified atom stereocenters. The van der Waals surface area contributed by atoms with Crippen molar-refractivity contribution < 1.29 is 9.59 Å². The van der Waals surface area contributed by atoms with Crippen LogP contribution in [0.15, 0.2) is 48.5 Å². The third kappa shape index (κ3) is 12.0. The average molecular weight is 1150 g/mol. The first-order chi connectivity index (χ1) is 37.1. The maximum atomic E-state index is 15.5. The number of rotatable bonds is 26. The van der Waals surface area contributed by atoms with E-state index in [1.54, 1.807) is 4.88 Å². The minimum absolute atomic E-state index is 0.00744. The van der Waals surface area contributed by atoms with Gasteiger partial charge in [-0.1, -0.05) is 147 Å². The van der Waals surface area contributed by atoms with E-state index in [0.717, 1.165) is 32.1 Å². The highest BCUT2D eigenvalue weighted by atomic mass is 32.1. The predicted molar refractivity (Wildman–Crippen MR) is 343 cm³/mol. The van der Waals surface area contributed by atoms with Gasteiger partial charge in [-0.25, -0.2) is 0 Å². The molecule has 0 radical (unpaired) electrons. The van der Waals surface area contributed by atoms with E-state index in [9.17, 15) is 0 Å². The summed E-state index contributed by atoms with van der Waals surface area (Å²) in [5, 5.41) is 0. The van der Waals surface area contributed by atoms with Crippen LogP contribution < -0.4 is 0 Å². The fraction of sp³-hybridized carbons (Fsp3) is 0.681. The Hall–Kier alpha value is -1.94. The van der Waals surface area contributed by atoms with Gasteiger partial charge < -0.3 is 0 Å². The van der Waals surface area contributed by atoms with Crippen molar-refractivity contribution in [3.8, 4) is 19.5 Å². The summed E-state index contributed by atoms with van der Waals surface area (Å²) in [7, 11) is 0. The molecule has 0 saturated heterocycles. The minimum Gasteiger partial charge on any atom is -0.299 e. The Morgan fingerprint density at radius 1 is 0.494 bits per heavy atom. The molecule has 2 nitrogen and oxygen atoms in total. The second-order valence-electron chi connectivity index (χ2n) is 27.0. The molecule has 10 rings (SSSR count). The third-order valence-electron chi connectivity index (χ3n) is 20.8. The zero-order valence-corrected chi connectivity index (χ0v) is 54.1. The number of hydrogen-bond donors (Lipinski definition) is 0. The predicted octanol–water partition coefficient (Wildman–Crippen LogP) is 23.4. The largest absolute Gasteiger partial charge is 0.299 e. The monoisotopic (exact) mass is 1150 g/mol. The van der Waals surface area contributed by atoms with Gasteiger partial charge in [-0.05, 0) is 166 Å². The van der Waals surface area contributed by atoms with Crippen LogP contribution in [0.5, 0.6) is 0 Å². The van der Waals surface area contributed by atoms with Gasteiger partial charge in [0, 0.05) is 80.5 Å². The first-order valence-electron chi connectivity index (χ1n) is 31.4. The second kappa shape index (κ2) is 24.9. The van der Waals surface area contributed by atoms with Gasteiger partial charge >= 0.3 is 0 Å². The molecular weight excluding hydrogens is 1050 g/mol. The van der Waals surface area contributed by atoms with Crippen LogP contribution in [0.3, 0.4) is 0 Å². The minimum atomic E-state index is 0.00744. The molecule has 14 atom stereocenters. The van der Waals surface area contributed by atoms with Crippen molar-refractivity contribution in [2.24, 2.45) is 65.1 Å². The molecule has 4 aliphatic carbocycles. The number of unbranched alkanes of at least 4 members (excludes halogenated alkanes) is 6. The summed E-state index contributed by atoms with van der Waals surface area (Å²) in [5.74, 6) is 6.22. The molecule has 0 bridgehead atoms. The van der Waals surface area contributed by atoms with Crippen molar-refractivity contribution in [3.05, 3.63) is 68.0 Å². The fourth-order valence-corrected chi connectivity index (χ4v) is 24.2. The van der Waals surface area contributed by atoms with Crippen molar-refractivity contribution in [2.75, 3.05) is 0 Å². The Morgan fingerprint density at radius 3 is 1.64 bits per heavy atom. The Morgan fingerprint density at radius 2 is 1.05 bits per heavy atom. The van der Waals surface area contributed by atoms with Gasteiger partial charge in [0.15, 0.2) is 0 Å². The summed E-state index contributed by atoms with van der Waals surface area (Å²) in [4.78, 5) is 42.1. The maximum Gasteiger partial charge on any atom is 0.144 e. The van der Waals surface area contributed by atoms with Crippen LogP contribution in [0.2, 0.25) is 0 Å². The van der Waals surface area contributed by atoms with Crippen LogP contribution in [0, 0.1) is 65.1 Å². The first-order valence-corrected chi connectivity index (χ1v) is 36.3. The molecule has 0 spiro atoms. The topological polar surface area (TPSA) is 34.1 Å². The Labute approximate surface area is 490 Å². The lowest BCUT2D eigenvalue weighted by molar-refractivity contribution is -0.134. The van der Waals surface area contributed by atoms with Crippen LogP contribution in [-0.4, -0.2) is 11.6 Å². The molecule has 420 valence electrons. The fourth-order valence-electron chi connectivity index (χ4n) is 16.5. The number of hydrogen-bond acceptors (Lipinski definition) is 8. The number of Topliss-reactive ketones (excluding diaryl/α,β-unsaturated/α-hetero) is 2. The van der Waals surface area contributed by atoms with Crippen LogP contribution in [0.4, 0.5) is 0 Å². The van der Waals surface area contributed by atoms with E-state index in [0.29, 0.717) is 64.8 Å². The Bertz CT molecular complexity index is 2850. The highest BCUT2D eigenvalue weighted by Gasteiger charge is 2.62. The average Bonchev–Trinajstić information content (AvgIpc) is 4.30. The molecule has 6 aromatic heterocycles. The molecule has 8 heteroatoms. The van der Waals surface area contributed by atoms with Gasteiger partial charge in [0.1, 0.15) is 11.6 Å². The standard InChI is InChI=1S/C69H96O2S6/c1-12-17-19-20-21-22-23-43(9)31-45-33-47-46(49-35-51(67(71)65(45)49)56-37-60-61(74-56)39-63(77-60)69(11,28-14-3)40-42(8)15-4)32-44(30-41(6)7)64-48(47)34-50(66(64)70)55-36-58-59(73-55)38-57(75-58)54-25-24-52(72-54)53-26-27-62(76-53)68(10,16-5)29-18-13-2/h24-27,36-39,41-51,64-65H,12-23,28-35,40H2,1-11H3. The number of ketones is 2. The lowest BCUT2D eigenvalue weighted by atomic mass is 9.51. The van der Waals surface area contributed by atoms with E-state index in [1.807, 2.05) is 68.0 Å². The Balaban J connectivity index is 0.905. The summed E-state index contributed by atoms with van der Waals surface area (Å²) < 4.78 is 5.52. The molecule has 4 fully saturated rings. The lowest BCUT2D eigenvalue weighted by Crippen LogP contribution is -2.49. The number of thiophene rings is 6. The normalized spacial score (nSPS) is 27.8. The van der Waals surface area contributed by atoms with Crippen molar-refractivity contribution in [1.82, 2.24) is 0 Å². The summed E-state index contributed by atoms with van der Waals surface area (Å²) in [5.41, 5.74) is 0.472. The van der Waals surface area contributed by atoms with Gasteiger partial charge in [0.05, 0.1) is 11.8 Å². The summed E-state index contributed by atoms with van der Waals surface area (Å²) in [6.45, 7) is 26.4. The van der Waals surface area contributed by atoms with Gasteiger partial charge in [-0.3, -0.25) is 9.59 Å². The number of carbonyl (C=O) groups excluding carboxylic acids is 2. The summed E-state index contributed by atoms with van der Waals surface area (Å²) in [6.07, 6.45) is 25.9. The maximum absolute atomic E-state index is 15.5. The molecule has 6 heterocycles. The molecule has 0 amide bonds. The van der Waals surface area contributed by atoms with Crippen LogP contribution in [-0.2, 0) is 20.4 Å². The third-order valence-corrected chi connectivity index (χ3v) is 28.8. The zero-order chi connectivity index (χ0) is 54.3. The second-order valence-corrected chi connectivity index (χ2v) is 33.5. The Kier molecular flexibility index (Phi) is 18.8. The summed E-state index contributed by atoms with van der Waals surface area (Å²) >= 11 is 11.8. The van der Waals surface area contributed by atoms with Gasteiger partial charge in [0.25, 0.3) is 0 Å². The van der Waals surface area contributed by atoms with E-state index in [2.05, 4.69) is 125 Å². The first kappa shape index (κ1) is 58.3. The van der Waals surface area contributed by atoms with Crippen LogP contribution in [0.25, 0.3) is 38.3 Å². The molecule has 0 N–H and O–H groups in total. The molecule has 4 saturated carbocycles. The van der Waals surface area contributed by atoms with Crippen molar-refractivity contribution in [2.45, 2.75) is 234 Å². The van der Waals surface area contributed by atoms with E-state index in [4.69, 9.17) is 0 Å². The number of carbonyl (C=O) groups is 2. The van der Waals surface area contributed by atoms with Crippen molar-refractivity contribution in [1.29, 1.82) is 0 Å². The van der Waals surface area contributed by atoms with Crippen molar-refractivity contribution in [3.63, 3.8) is 0 Å². The van der Waals surface area contributed by atoms with Crippen LogP contribution in [0.1, 0.15) is 242 Å². The quantitative estimate of drug-likeness (QED) is 0.0507. The van der Waals surface area contributed by atoms with Gasteiger partial charge in [-0.2, -0.15) is 0 Å². The van der Waals surface area contributed by atoms with E-state index in [-0.39, 0.29) is 34.5 Å². The summed E-state index contributed by atoms with van der Waals surface area (Å²) in [6, 6.07) is 19.4. The van der Waals surface area contributed by atoms with Gasteiger partial charge in [-0.15, -0.1) is 68.0 Å². The van der Waals surface area contributed by atoms with E-state index >= 15 is 9.59 Å². The molecule has 0 aliphatic heterocycles. The van der Waals surface area contributed by atoms with Crippen LogP contribution >= 0.6 is 68.0 Å². The molecule has 4 aliphatic rings. The highest BCUT2D eigenvalue weighted by molar-refractivity contribution is 7.32. The molecule has 0 aromatic carbocycles. The van der Waals surface area contributed by atoms with Gasteiger partial charge in [0.2, 0.25) is 0 Å². The molecular formula is C69H96O2S6. The van der Waals surface area contributed by atoms with Crippen molar-refractivity contribution >= 4 is 98.4 Å². The highest BCUT2D eigenvalue weighted by Crippen LogP contribution is 2.66. The molecule has 6 aromatic rings. The number of fused-ring (bicyclic) bond motifs is 7. The lowest BCUT2D eigenvalue weighted by Gasteiger charge is -2.53. The van der Waals surface area contributed by atoms with E-state index < -0.39 is 0 Å². The zero-order valence-electron chi connectivity index (χ0n) is 49.2. The smallest absolute Gasteiger partial charge is 0.144 e. The SMILES string of the molecule is CCCCCCCCC(C)CC1CC2C(CC(CC(C)C)C3C(=O)C(c4cc5sc(-c6ccc(-c7ccc(C(C)(CC)CCCC)s7)s6)cc5s4)CC23)C2CC(c3cc4sc(C(C)(CCC)CC(C)CC)cc4s3)C(=O)C12. The molecule has 77 heavy (non-hydrogen) atoms. The van der Waals surface area contributed by atoms with E-state index in [1.165, 1.54) is 156 Å².